The molecular formula is C16H14O4. The van der Waals surface area contributed by atoms with Gasteiger partial charge < -0.3 is 10.2 Å². The van der Waals surface area contributed by atoms with Crippen molar-refractivity contribution >= 4 is 18.0 Å². The predicted octanol–water partition coefficient (Wildman–Crippen LogP) is 3.41. The Morgan fingerprint density at radius 1 is 0.850 bits per heavy atom. The molecular weight excluding hydrogens is 256 g/mol. The lowest BCUT2D eigenvalue weighted by atomic mass is 10.1. The Kier molecular flexibility index (Phi) is 5.72. The summed E-state index contributed by atoms with van der Waals surface area (Å²) in [6.45, 7) is 3.63. The minimum Gasteiger partial charge on any atom is -0.478 e. The number of carbonyl (C=O) groups is 2. The molecule has 2 aromatic carbocycles. The quantitative estimate of drug-likeness (QED) is 0.896. The number of rotatable bonds is 3. The molecule has 20 heavy (non-hydrogen) atoms. The first-order valence-electron chi connectivity index (χ1n) is 5.78. The van der Waals surface area contributed by atoms with Crippen LogP contribution < -0.4 is 0 Å². The summed E-state index contributed by atoms with van der Waals surface area (Å²) < 4.78 is 0. The average Bonchev–Trinajstić information content (AvgIpc) is 2.49. The number of carboxylic acids is 2. The fraction of sp³-hybridized carbons (Fsp3) is 0. The standard InChI is InChI=1S/C8H6O4.C8H8/c9-7(10)5-2-1-3-6(4-5)8(11)12;1-2-8-6-4-3-5-7-8/h1-4H,(H,9,10)(H,11,12);2-7H,1H2. The molecule has 2 aromatic rings. The topological polar surface area (TPSA) is 74.6 Å². The van der Waals surface area contributed by atoms with Crippen LogP contribution >= 0.6 is 0 Å². The van der Waals surface area contributed by atoms with Crippen molar-refractivity contribution in [1.29, 1.82) is 0 Å². The van der Waals surface area contributed by atoms with Crippen molar-refractivity contribution in [2.24, 2.45) is 0 Å². The minimum atomic E-state index is -1.13. The van der Waals surface area contributed by atoms with Gasteiger partial charge in [-0.05, 0) is 23.8 Å². The van der Waals surface area contributed by atoms with Crippen LogP contribution in [0.25, 0.3) is 6.08 Å². The molecule has 2 rings (SSSR count). The van der Waals surface area contributed by atoms with Crippen LogP contribution in [0.15, 0.2) is 61.2 Å². The van der Waals surface area contributed by atoms with Crippen LogP contribution in [0.2, 0.25) is 0 Å². The summed E-state index contributed by atoms with van der Waals surface area (Å²) in [5, 5.41) is 17.0. The summed E-state index contributed by atoms with van der Waals surface area (Å²) in [4.78, 5) is 20.8. The van der Waals surface area contributed by atoms with E-state index in [1.165, 1.54) is 23.8 Å². The van der Waals surface area contributed by atoms with Crippen LogP contribution in [-0.2, 0) is 0 Å². The molecule has 0 fully saturated rings. The van der Waals surface area contributed by atoms with Gasteiger partial charge in [-0.15, -0.1) is 0 Å². The smallest absolute Gasteiger partial charge is 0.335 e. The van der Waals surface area contributed by atoms with E-state index < -0.39 is 11.9 Å². The first-order chi connectivity index (χ1) is 9.54. The van der Waals surface area contributed by atoms with Gasteiger partial charge in [0, 0.05) is 0 Å². The van der Waals surface area contributed by atoms with E-state index in [4.69, 9.17) is 10.2 Å². The molecule has 0 bridgehead atoms. The molecule has 102 valence electrons. The summed E-state index contributed by atoms with van der Waals surface area (Å²) in [5.41, 5.74) is 1.14. The van der Waals surface area contributed by atoms with Gasteiger partial charge in [-0.1, -0.05) is 49.1 Å². The van der Waals surface area contributed by atoms with E-state index in [9.17, 15) is 9.59 Å². The lowest BCUT2D eigenvalue weighted by Gasteiger charge is -1.95. The van der Waals surface area contributed by atoms with Crippen LogP contribution in [0.5, 0.6) is 0 Å². The predicted molar refractivity (Wildman–Crippen MR) is 76.9 cm³/mol. The van der Waals surface area contributed by atoms with Crippen molar-refractivity contribution in [2.75, 3.05) is 0 Å². The van der Waals surface area contributed by atoms with Crippen LogP contribution in [0, 0.1) is 0 Å². The molecule has 0 spiro atoms. The third-order valence-electron chi connectivity index (χ3n) is 2.39. The molecule has 2 N–H and O–H groups in total. The van der Waals surface area contributed by atoms with Crippen molar-refractivity contribution in [1.82, 2.24) is 0 Å². The Morgan fingerprint density at radius 3 is 1.70 bits per heavy atom. The maximum atomic E-state index is 10.4. The van der Waals surface area contributed by atoms with Gasteiger partial charge in [0.2, 0.25) is 0 Å². The highest BCUT2D eigenvalue weighted by Gasteiger charge is 2.06. The van der Waals surface area contributed by atoms with Gasteiger partial charge >= 0.3 is 11.9 Å². The van der Waals surface area contributed by atoms with E-state index in [-0.39, 0.29) is 11.1 Å². The van der Waals surface area contributed by atoms with E-state index in [1.807, 2.05) is 36.4 Å². The summed E-state index contributed by atoms with van der Waals surface area (Å²) >= 11 is 0. The van der Waals surface area contributed by atoms with Gasteiger partial charge in [0.05, 0.1) is 11.1 Å². The molecule has 0 atom stereocenters. The van der Waals surface area contributed by atoms with Gasteiger partial charge in [0.1, 0.15) is 0 Å². The molecule has 0 aromatic heterocycles. The molecule has 0 aliphatic rings. The van der Waals surface area contributed by atoms with E-state index in [0.29, 0.717) is 0 Å². The van der Waals surface area contributed by atoms with Gasteiger partial charge in [0.25, 0.3) is 0 Å². The van der Waals surface area contributed by atoms with Crippen molar-refractivity contribution in [3.63, 3.8) is 0 Å². The Morgan fingerprint density at radius 2 is 1.35 bits per heavy atom. The summed E-state index contributed by atoms with van der Waals surface area (Å²) in [5.74, 6) is -2.25. The Balaban J connectivity index is 0.000000217. The lowest BCUT2D eigenvalue weighted by Crippen LogP contribution is -2.01. The minimum absolute atomic E-state index is 0.0186. The van der Waals surface area contributed by atoms with E-state index >= 15 is 0 Å². The van der Waals surface area contributed by atoms with Gasteiger partial charge in [-0.2, -0.15) is 0 Å². The highest BCUT2D eigenvalue weighted by atomic mass is 16.4. The van der Waals surface area contributed by atoms with E-state index in [2.05, 4.69) is 6.58 Å². The van der Waals surface area contributed by atoms with E-state index in [1.54, 1.807) is 0 Å². The average molecular weight is 270 g/mol. The van der Waals surface area contributed by atoms with Crippen molar-refractivity contribution in [2.45, 2.75) is 0 Å². The molecule has 0 amide bonds. The summed E-state index contributed by atoms with van der Waals surface area (Å²) in [6, 6.07) is 15.2. The Bertz CT molecular complexity index is 574. The number of carboxylic acid groups (broad SMARTS) is 2. The molecule has 0 heterocycles. The molecule has 4 nitrogen and oxygen atoms in total. The number of benzene rings is 2. The number of hydrogen-bond acceptors (Lipinski definition) is 2. The normalized spacial score (nSPS) is 9.00. The summed E-state index contributed by atoms with van der Waals surface area (Å²) in [7, 11) is 0. The zero-order valence-electron chi connectivity index (χ0n) is 10.7. The Labute approximate surface area is 116 Å². The van der Waals surface area contributed by atoms with Gasteiger partial charge in [-0.25, -0.2) is 9.59 Å². The van der Waals surface area contributed by atoms with Crippen LogP contribution in [-0.4, -0.2) is 22.2 Å². The monoisotopic (exact) mass is 270 g/mol. The van der Waals surface area contributed by atoms with E-state index in [0.717, 1.165) is 6.07 Å². The van der Waals surface area contributed by atoms with Gasteiger partial charge in [-0.3, -0.25) is 0 Å². The van der Waals surface area contributed by atoms with Crippen LogP contribution in [0.1, 0.15) is 26.3 Å². The largest absolute Gasteiger partial charge is 0.478 e. The fourth-order valence-corrected chi connectivity index (χ4v) is 1.37. The highest BCUT2D eigenvalue weighted by Crippen LogP contribution is 2.04. The molecule has 0 radical (unpaired) electrons. The summed E-state index contributed by atoms with van der Waals surface area (Å²) in [6.07, 6.45) is 1.83. The second-order valence-electron chi connectivity index (χ2n) is 3.81. The fourth-order valence-electron chi connectivity index (χ4n) is 1.37. The molecule has 0 aliphatic carbocycles. The maximum absolute atomic E-state index is 10.4. The van der Waals surface area contributed by atoms with Crippen LogP contribution in [0.4, 0.5) is 0 Å². The van der Waals surface area contributed by atoms with Gasteiger partial charge in [0.15, 0.2) is 0 Å². The third kappa shape index (κ3) is 4.78. The Hall–Kier alpha value is -2.88. The molecule has 0 unspecified atom stereocenters. The SMILES string of the molecule is C=Cc1ccccc1.O=C(O)c1cccc(C(=O)O)c1. The molecule has 0 saturated carbocycles. The lowest BCUT2D eigenvalue weighted by molar-refractivity contribution is 0.0696. The number of aromatic carboxylic acids is 2. The zero-order chi connectivity index (χ0) is 15.0. The first kappa shape index (κ1) is 15.2. The number of hydrogen-bond donors (Lipinski definition) is 2. The highest BCUT2D eigenvalue weighted by molar-refractivity contribution is 5.93. The van der Waals surface area contributed by atoms with Crippen LogP contribution in [0.3, 0.4) is 0 Å². The second-order valence-corrected chi connectivity index (χ2v) is 3.81. The first-order valence-corrected chi connectivity index (χ1v) is 5.78. The zero-order valence-corrected chi connectivity index (χ0v) is 10.7. The third-order valence-corrected chi connectivity index (χ3v) is 2.39. The van der Waals surface area contributed by atoms with Crippen molar-refractivity contribution in [3.8, 4) is 0 Å². The van der Waals surface area contributed by atoms with Crippen molar-refractivity contribution in [3.05, 3.63) is 77.9 Å². The van der Waals surface area contributed by atoms with Crippen molar-refractivity contribution < 1.29 is 19.8 Å². The molecule has 0 aliphatic heterocycles. The molecule has 0 saturated heterocycles. The maximum Gasteiger partial charge on any atom is 0.335 e. The second kappa shape index (κ2) is 7.53. The molecule has 4 heteroatoms.